The molecule has 0 radical (unpaired) electrons. The summed E-state index contributed by atoms with van der Waals surface area (Å²) in [5.41, 5.74) is 0. The SMILES string of the molecule is CCCCCCCCCCCCCCCCCCCCCCCCC(=O)OC[C@H](COP(=O)(O)OC[C@@H](O)COP(=O)(O)OC[C@@H](COC(=O)CCCCCCCCC(C)CC)OC(=O)CCCCCCCCCCCCCCCC(C)C)OC(=O)CCCCCCCCCCCCCCCCCCCCCCCC. The largest absolute Gasteiger partial charge is 0.472 e. The third-order valence-electron chi connectivity index (χ3n) is 21.8. The first kappa shape index (κ1) is 108. The molecule has 0 amide bonds. The van der Waals surface area contributed by atoms with E-state index in [1.807, 2.05) is 0 Å². The van der Waals surface area contributed by atoms with E-state index in [0.717, 1.165) is 108 Å². The van der Waals surface area contributed by atoms with Gasteiger partial charge in [-0.05, 0) is 37.5 Å². The summed E-state index contributed by atoms with van der Waals surface area (Å²) in [5, 5.41) is 10.7. The first-order chi connectivity index (χ1) is 53.4. The summed E-state index contributed by atoms with van der Waals surface area (Å²) in [7, 11) is -9.93. The van der Waals surface area contributed by atoms with E-state index in [1.165, 1.54) is 302 Å². The van der Waals surface area contributed by atoms with Crippen molar-refractivity contribution in [2.45, 2.75) is 509 Å². The molecule has 0 heterocycles. The van der Waals surface area contributed by atoms with Gasteiger partial charge in [0.05, 0.1) is 26.4 Å². The summed E-state index contributed by atoms with van der Waals surface area (Å²) in [6.07, 6.45) is 76.7. The van der Waals surface area contributed by atoms with E-state index >= 15 is 0 Å². The molecular formula is C91H178O17P2. The van der Waals surface area contributed by atoms with Crippen molar-refractivity contribution in [3.8, 4) is 0 Å². The van der Waals surface area contributed by atoms with Crippen molar-refractivity contribution in [2.24, 2.45) is 11.8 Å². The lowest BCUT2D eigenvalue weighted by Gasteiger charge is -2.21. The number of carbonyl (C=O) groups is 4. The summed E-state index contributed by atoms with van der Waals surface area (Å²) in [6, 6.07) is 0. The van der Waals surface area contributed by atoms with Gasteiger partial charge in [-0.25, -0.2) is 9.13 Å². The number of esters is 4. The zero-order chi connectivity index (χ0) is 80.6. The Labute approximate surface area is 677 Å². The highest BCUT2D eigenvalue weighted by Gasteiger charge is 2.31. The second-order valence-corrected chi connectivity index (χ2v) is 36.3. The van der Waals surface area contributed by atoms with E-state index in [2.05, 4.69) is 41.5 Å². The molecule has 110 heavy (non-hydrogen) atoms. The van der Waals surface area contributed by atoms with Gasteiger partial charge in [0.1, 0.15) is 19.3 Å². The zero-order valence-electron chi connectivity index (χ0n) is 72.6. The lowest BCUT2D eigenvalue weighted by atomic mass is 10.00. The van der Waals surface area contributed by atoms with Gasteiger partial charge in [0.15, 0.2) is 12.2 Å². The third kappa shape index (κ3) is 82.6. The second kappa shape index (κ2) is 82.2. The highest BCUT2D eigenvalue weighted by atomic mass is 31.2. The molecule has 0 aliphatic heterocycles. The van der Waals surface area contributed by atoms with Crippen LogP contribution in [0.4, 0.5) is 0 Å². The first-order valence-corrected chi connectivity index (χ1v) is 50.0. The molecule has 0 aromatic rings. The fourth-order valence-electron chi connectivity index (χ4n) is 14.3. The van der Waals surface area contributed by atoms with Crippen molar-refractivity contribution >= 4 is 39.5 Å². The normalized spacial score (nSPS) is 14.0. The fraction of sp³-hybridized carbons (Fsp3) is 0.956. The van der Waals surface area contributed by atoms with E-state index in [1.54, 1.807) is 0 Å². The maximum absolute atomic E-state index is 13.2. The topological polar surface area (TPSA) is 237 Å². The fourth-order valence-corrected chi connectivity index (χ4v) is 15.9. The molecule has 0 rings (SSSR count). The molecule has 654 valence electrons. The highest BCUT2D eigenvalue weighted by molar-refractivity contribution is 7.47. The Bertz CT molecular complexity index is 2100. The van der Waals surface area contributed by atoms with Gasteiger partial charge in [0.2, 0.25) is 0 Å². The molecule has 0 aromatic carbocycles. The van der Waals surface area contributed by atoms with E-state index < -0.39 is 97.5 Å². The zero-order valence-corrected chi connectivity index (χ0v) is 74.4. The minimum absolute atomic E-state index is 0.107. The number of hydrogen-bond donors (Lipinski definition) is 3. The molecule has 0 saturated carbocycles. The monoisotopic (exact) mass is 1610 g/mol. The van der Waals surface area contributed by atoms with Crippen LogP contribution in [-0.4, -0.2) is 96.7 Å². The third-order valence-corrected chi connectivity index (χ3v) is 23.7. The number of aliphatic hydroxyl groups is 1. The number of rotatable bonds is 90. The lowest BCUT2D eigenvalue weighted by molar-refractivity contribution is -0.161. The molecule has 0 aliphatic carbocycles. The highest BCUT2D eigenvalue weighted by Crippen LogP contribution is 2.45. The number of hydrogen-bond acceptors (Lipinski definition) is 15. The van der Waals surface area contributed by atoms with Crippen molar-refractivity contribution in [3.63, 3.8) is 0 Å². The Kier molecular flexibility index (Phi) is 80.7. The molecule has 0 aliphatic rings. The minimum Gasteiger partial charge on any atom is -0.462 e. The predicted octanol–water partition coefficient (Wildman–Crippen LogP) is 28.2. The van der Waals surface area contributed by atoms with Gasteiger partial charge in [-0.15, -0.1) is 0 Å². The Morgan fingerprint density at radius 3 is 0.691 bits per heavy atom. The number of aliphatic hydroxyl groups excluding tert-OH is 1. The van der Waals surface area contributed by atoms with Crippen molar-refractivity contribution in [2.75, 3.05) is 39.6 Å². The molecule has 17 nitrogen and oxygen atoms in total. The van der Waals surface area contributed by atoms with Gasteiger partial charge in [-0.2, -0.15) is 0 Å². The van der Waals surface area contributed by atoms with Gasteiger partial charge >= 0.3 is 39.5 Å². The summed E-state index contributed by atoms with van der Waals surface area (Å²) in [4.78, 5) is 73.4. The Balaban J connectivity index is 5.21. The average molecular weight is 1610 g/mol. The maximum atomic E-state index is 13.2. The molecular weight excluding hydrogens is 1430 g/mol. The summed E-state index contributed by atoms with van der Waals surface area (Å²) >= 11 is 0. The molecule has 3 unspecified atom stereocenters. The van der Waals surface area contributed by atoms with Crippen LogP contribution in [0.5, 0.6) is 0 Å². The van der Waals surface area contributed by atoms with Crippen LogP contribution in [0.25, 0.3) is 0 Å². The van der Waals surface area contributed by atoms with Crippen LogP contribution in [-0.2, 0) is 65.4 Å². The van der Waals surface area contributed by atoms with Crippen molar-refractivity contribution in [3.05, 3.63) is 0 Å². The predicted molar refractivity (Wildman–Crippen MR) is 455 cm³/mol. The number of phosphoric ester groups is 2. The summed E-state index contributed by atoms with van der Waals surface area (Å²) in [5.74, 6) is -0.583. The maximum Gasteiger partial charge on any atom is 0.472 e. The van der Waals surface area contributed by atoms with Crippen LogP contribution in [0.1, 0.15) is 491 Å². The van der Waals surface area contributed by atoms with Crippen LogP contribution >= 0.6 is 15.6 Å². The molecule has 0 aromatic heterocycles. The number of phosphoric acid groups is 2. The molecule has 0 bridgehead atoms. The number of unbranched alkanes of at least 4 members (excludes halogenated alkanes) is 59. The summed E-state index contributed by atoms with van der Waals surface area (Å²) in [6.45, 7) is 9.67. The number of ether oxygens (including phenoxy) is 4. The molecule has 3 N–H and O–H groups in total. The Hall–Kier alpha value is -1.94. The van der Waals surface area contributed by atoms with Crippen molar-refractivity contribution < 1.29 is 80.2 Å². The van der Waals surface area contributed by atoms with Crippen LogP contribution in [0.2, 0.25) is 0 Å². The van der Waals surface area contributed by atoms with Crippen LogP contribution < -0.4 is 0 Å². The van der Waals surface area contributed by atoms with Gasteiger partial charge < -0.3 is 33.8 Å². The quantitative estimate of drug-likeness (QED) is 0.0222. The molecule has 6 atom stereocenters. The van der Waals surface area contributed by atoms with Crippen molar-refractivity contribution in [1.82, 2.24) is 0 Å². The average Bonchev–Trinajstić information content (AvgIpc) is 0.902. The van der Waals surface area contributed by atoms with E-state index in [0.29, 0.717) is 25.7 Å². The van der Waals surface area contributed by atoms with Gasteiger partial charge in [-0.3, -0.25) is 37.3 Å². The molecule has 0 fully saturated rings. The lowest BCUT2D eigenvalue weighted by Crippen LogP contribution is -2.30. The van der Waals surface area contributed by atoms with E-state index in [9.17, 15) is 43.2 Å². The van der Waals surface area contributed by atoms with E-state index in [-0.39, 0.29) is 25.7 Å². The van der Waals surface area contributed by atoms with Gasteiger partial charge in [0, 0.05) is 25.7 Å². The Morgan fingerprint density at radius 1 is 0.264 bits per heavy atom. The van der Waals surface area contributed by atoms with Crippen LogP contribution in [0.15, 0.2) is 0 Å². The standard InChI is InChI=1S/C91H178O17P2/c1-7-10-12-14-16-18-20-22-24-26-28-30-32-34-36-38-42-46-50-54-61-67-73-88(93)101-79-86(107-90(95)75-69-63-55-51-47-43-39-37-35-33-31-29-27-25-23-21-19-17-15-13-11-8-2)81-105-109(97,98)103-77-85(92)78-104-110(99,100)106-82-87(80-102-89(94)74-68-62-58-57-60-66-72-84(6)9-3)108-91(96)76-70-64-56-52-48-44-40-41-45-49-53-59-65-71-83(4)5/h83-87,92H,7-82H2,1-6H3,(H,97,98)(H,99,100)/t84?,85-,86-,87-/m1/s1. The van der Waals surface area contributed by atoms with Crippen molar-refractivity contribution in [1.29, 1.82) is 0 Å². The summed E-state index contributed by atoms with van der Waals surface area (Å²) < 4.78 is 69.0. The van der Waals surface area contributed by atoms with Gasteiger partial charge in [0.25, 0.3) is 0 Å². The smallest absolute Gasteiger partial charge is 0.462 e. The van der Waals surface area contributed by atoms with E-state index in [4.69, 9.17) is 37.0 Å². The molecule has 0 saturated heterocycles. The minimum atomic E-state index is -4.97. The molecule has 19 heteroatoms. The second-order valence-electron chi connectivity index (χ2n) is 33.4. The van der Waals surface area contributed by atoms with Crippen LogP contribution in [0, 0.1) is 11.8 Å². The Morgan fingerprint density at radius 2 is 0.464 bits per heavy atom. The first-order valence-electron chi connectivity index (χ1n) is 47.0. The van der Waals surface area contributed by atoms with Crippen LogP contribution in [0.3, 0.4) is 0 Å². The molecule has 0 spiro atoms. The van der Waals surface area contributed by atoms with Gasteiger partial charge in [-0.1, -0.05) is 440 Å². The number of carbonyl (C=O) groups excluding carboxylic acids is 4.